The molecular formula is C22H24N2O6. The lowest BCUT2D eigenvalue weighted by atomic mass is 10.0. The number of nitrogens with one attached hydrogen (secondary N) is 1. The zero-order valence-corrected chi connectivity index (χ0v) is 17.1. The largest absolute Gasteiger partial charge is 0.497 e. The average molecular weight is 412 g/mol. The Morgan fingerprint density at radius 2 is 1.77 bits per heavy atom. The maximum Gasteiger partial charge on any atom is 0.344 e. The number of carbonyl (C=O) groups is 2. The first kappa shape index (κ1) is 22.6. The van der Waals surface area contributed by atoms with E-state index < -0.39 is 18.0 Å². The molecule has 0 spiro atoms. The quantitative estimate of drug-likeness (QED) is 0.593. The molecule has 0 fully saturated rings. The molecule has 2 aromatic carbocycles. The van der Waals surface area contributed by atoms with Gasteiger partial charge in [-0.25, -0.2) is 9.59 Å². The van der Waals surface area contributed by atoms with Crippen molar-refractivity contribution in [3.05, 3.63) is 53.6 Å². The Balaban J connectivity index is 2.39. The van der Waals surface area contributed by atoms with E-state index in [1.165, 1.54) is 7.11 Å². The lowest BCUT2D eigenvalue weighted by molar-refractivity contribution is -0.145. The van der Waals surface area contributed by atoms with Crippen molar-refractivity contribution in [2.24, 2.45) is 0 Å². The predicted molar refractivity (Wildman–Crippen MR) is 109 cm³/mol. The molecule has 1 atom stereocenters. The smallest absolute Gasteiger partial charge is 0.344 e. The molecule has 0 aliphatic rings. The van der Waals surface area contributed by atoms with E-state index in [-0.39, 0.29) is 19.8 Å². The Labute approximate surface area is 175 Å². The molecule has 8 heteroatoms. The summed E-state index contributed by atoms with van der Waals surface area (Å²) in [6.45, 7) is 3.53. The first-order valence-corrected chi connectivity index (χ1v) is 9.42. The van der Waals surface area contributed by atoms with Gasteiger partial charge in [0.15, 0.2) is 12.6 Å². The molecule has 0 aliphatic heterocycles. The minimum Gasteiger partial charge on any atom is -0.497 e. The molecule has 1 unspecified atom stereocenters. The molecule has 0 saturated carbocycles. The molecule has 158 valence electrons. The lowest BCUT2D eigenvalue weighted by Gasteiger charge is -2.22. The van der Waals surface area contributed by atoms with E-state index in [1.807, 2.05) is 6.07 Å². The Bertz CT molecular complexity index is 905. The summed E-state index contributed by atoms with van der Waals surface area (Å²) in [4.78, 5) is 24.4. The third kappa shape index (κ3) is 6.14. The molecule has 1 N–H and O–H groups in total. The summed E-state index contributed by atoms with van der Waals surface area (Å²) in [6, 6.07) is 12.6. The summed E-state index contributed by atoms with van der Waals surface area (Å²) >= 11 is 0. The number of benzene rings is 2. The summed E-state index contributed by atoms with van der Waals surface area (Å²) in [5, 5.41) is 12.1. The molecule has 0 saturated heterocycles. The van der Waals surface area contributed by atoms with Crippen LogP contribution in [0.25, 0.3) is 0 Å². The summed E-state index contributed by atoms with van der Waals surface area (Å²) in [5.74, 6) is -0.240. The second-order valence-corrected chi connectivity index (χ2v) is 6.02. The zero-order valence-electron chi connectivity index (χ0n) is 17.1. The van der Waals surface area contributed by atoms with Gasteiger partial charge in [-0.15, -0.1) is 0 Å². The van der Waals surface area contributed by atoms with Crippen LogP contribution in [0.15, 0.2) is 42.5 Å². The van der Waals surface area contributed by atoms with Gasteiger partial charge in [0.1, 0.15) is 11.5 Å². The van der Waals surface area contributed by atoms with E-state index >= 15 is 0 Å². The molecule has 2 rings (SSSR count). The van der Waals surface area contributed by atoms with E-state index in [0.717, 1.165) is 0 Å². The number of nitriles is 1. The minimum atomic E-state index is -0.940. The first-order valence-electron chi connectivity index (χ1n) is 9.42. The molecule has 0 heterocycles. The number of hydrogen-bond donors (Lipinski definition) is 1. The van der Waals surface area contributed by atoms with Gasteiger partial charge in [0.25, 0.3) is 0 Å². The van der Waals surface area contributed by atoms with E-state index in [4.69, 9.17) is 24.2 Å². The molecule has 0 aromatic heterocycles. The minimum absolute atomic E-state index is 0.188. The first-order chi connectivity index (χ1) is 14.5. The molecule has 0 bridgehead atoms. The SMILES string of the molecule is CCOC(=O)COc1ccc(OC)cc1C(Nc1ccc(C#N)cc1)C(=O)OCC. The summed E-state index contributed by atoms with van der Waals surface area (Å²) in [7, 11) is 1.51. The highest BCUT2D eigenvalue weighted by molar-refractivity contribution is 5.82. The molecular weight excluding hydrogens is 388 g/mol. The third-order valence-electron chi connectivity index (χ3n) is 4.03. The predicted octanol–water partition coefficient (Wildman–Crippen LogP) is 3.23. The second-order valence-electron chi connectivity index (χ2n) is 6.02. The number of anilines is 1. The van der Waals surface area contributed by atoms with E-state index in [9.17, 15) is 9.59 Å². The van der Waals surface area contributed by atoms with E-state index in [1.54, 1.807) is 56.3 Å². The number of esters is 2. The van der Waals surface area contributed by atoms with Crippen molar-refractivity contribution >= 4 is 17.6 Å². The monoisotopic (exact) mass is 412 g/mol. The highest BCUT2D eigenvalue weighted by atomic mass is 16.6. The highest BCUT2D eigenvalue weighted by Crippen LogP contribution is 2.33. The summed E-state index contributed by atoms with van der Waals surface area (Å²) < 4.78 is 21.0. The maximum absolute atomic E-state index is 12.7. The Morgan fingerprint density at radius 3 is 2.37 bits per heavy atom. The number of nitrogens with zero attached hydrogens (tertiary/aromatic N) is 1. The number of rotatable bonds is 10. The van der Waals surface area contributed by atoms with Gasteiger partial charge in [-0.1, -0.05) is 0 Å². The van der Waals surface area contributed by atoms with Crippen LogP contribution >= 0.6 is 0 Å². The van der Waals surface area contributed by atoms with Gasteiger partial charge in [-0.2, -0.15) is 5.26 Å². The van der Waals surface area contributed by atoms with E-state index in [0.29, 0.717) is 28.3 Å². The average Bonchev–Trinajstić information content (AvgIpc) is 2.76. The second kappa shape index (κ2) is 11.3. The summed E-state index contributed by atoms with van der Waals surface area (Å²) in [5.41, 5.74) is 1.53. The molecule has 30 heavy (non-hydrogen) atoms. The van der Waals surface area contributed by atoms with Crippen molar-refractivity contribution < 1.29 is 28.5 Å². The normalized spacial score (nSPS) is 11.0. The van der Waals surface area contributed by atoms with Crippen molar-refractivity contribution in [2.75, 3.05) is 32.2 Å². The number of ether oxygens (including phenoxy) is 4. The maximum atomic E-state index is 12.7. The van der Waals surface area contributed by atoms with Gasteiger partial charge in [-0.05, 0) is 56.3 Å². The van der Waals surface area contributed by atoms with Crippen molar-refractivity contribution in [3.63, 3.8) is 0 Å². The topological polar surface area (TPSA) is 107 Å². The van der Waals surface area contributed by atoms with Crippen molar-refractivity contribution in [3.8, 4) is 17.6 Å². The fraction of sp³-hybridized carbons (Fsp3) is 0.318. The van der Waals surface area contributed by atoms with Gasteiger partial charge in [0.05, 0.1) is 32.0 Å². The Kier molecular flexibility index (Phi) is 8.51. The van der Waals surface area contributed by atoms with Crippen LogP contribution in [-0.4, -0.2) is 38.9 Å². The lowest BCUT2D eigenvalue weighted by Crippen LogP contribution is -2.25. The number of methoxy groups -OCH3 is 1. The molecule has 8 nitrogen and oxygen atoms in total. The van der Waals surface area contributed by atoms with Crippen LogP contribution in [0, 0.1) is 11.3 Å². The van der Waals surface area contributed by atoms with Crippen molar-refractivity contribution in [2.45, 2.75) is 19.9 Å². The van der Waals surface area contributed by atoms with E-state index in [2.05, 4.69) is 5.32 Å². The van der Waals surface area contributed by atoms with Gasteiger partial charge in [0.2, 0.25) is 0 Å². The van der Waals surface area contributed by atoms with Crippen LogP contribution in [0.1, 0.15) is 31.0 Å². The Morgan fingerprint density at radius 1 is 1.07 bits per heavy atom. The summed E-state index contributed by atoms with van der Waals surface area (Å²) in [6.07, 6.45) is 0. The number of carbonyl (C=O) groups excluding carboxylic acids is 2. The molecule has 0 radical (unpaired) electrons. The van der Waals surface area contributed by atoms with Crippen molar-refractivity contribution in [1.82, 2.24) is 0 Å². The van der Waals surface area contributed by atoms with Gasteiger partial charge in [0, 0.05) is 11.3 Å². The molecule has 0 aliphatic carbocycles. The van der Waals surface area contributed by atoms with Crippen LogP contribution < -0.4 is 14.8 Å². The van der Waals surface area contributed by atoms with Crippen LogP contribution in [0.2, 0.25) is 0 Å². The van der Waals surface area contributed by atoms with Gasteiger partial charge >= 0.3 is 11.9 Å². The van der Waals surface area contributed by atoms with Gasteiger partial charge in [-0.3, -0.25) is 0 Å². The highest BCUT2D eigenvalue weighted by Gasteiger charge is 2.26. The fourth-order valence-electron chi connectivity index (χ4n) is 2.65. The number of hydrogen-bond acceptors (Lipinski definition) is 8. The third-order valence-corrected chi connectivity index (χ3v) is 4.03. The van der Waals surface area contributed by atoms with Crippen molar-refractivity contribution in [1.29, 1.82) is 5.26 Å². The van der Waals surface area contributed by atoms with Gasteiger partial charge < -0.3 is 24.3 Å². The molecule has 0 amide bonds. The van der Waals surface area contributed by atoms with Crippen LogP contribution in [0.3, 0.4) is 0 Å². The molecule has 2 aromatic rings. The standard InChI is InChI=1S/C22H24N2O6/c1-4-28-20(25)14-30-19-11-10-17(27-3)12-18(19)21(22(26)29-5-2)24-16-8-6-15(13-23)7-9-16/h6-12,21,24H,4-5,14H2,1-3H3. The zero-order chi connectivity index (χ0) is 21.9. The fourth-order valence-corrected chi connectivity index (χ4v) is 2.65. The Hall–Kier alpha value is -3.73. The van der Waals surface area contributed by atoms with Crippen LogP contribution in [-0.2, 0) is 19.1 Å². The van der Waals surface area contributed by atoms with Crippen LogP contribution in [0.5, 0.6) is 11.5 Å². The van der Waals surface area contributed by atoms with Crippen LogP contribution in [0.4, 0.5) is 5.69 Å².